The lowest BCUT2D eigenvalue weighted by Crippen LogP contribution is -2.42. The van der Waals surface area contributed by atoms with Gasteiger partial charge in [-0.2, -0.15) is 0 Å². The second-order valence-corrected chi connectivity index (χ2v) is 6.61. The van der Waals surface area contributed by atoms with Gasteiger partial charge in [-0.1, -0.05) is 0 Å². The molecule has 1 unspecified atom stereocenters. The number of rotatable bonds is 5. The Morgan fingerprint density at radius 2 is 2.08 bits per heavy atom. The summed E-state index contributed by atoms with van der Waals surface area (Å²) in [6, 6.07) is 3.45. The predicted octanol–water partition coefficient (Wildman–Crippen LogP) is 3.16. The SMILES string of the molecule is FC(F)c1cc(N2CCCC(Nc3ccncn3)C2)nc(C2CC2)n1. The molecule has 2 aromatic heterocycles. The molecule has 0 aromatic carbocycles. The third-order valence-corrected chi connectivity index (χ3v) is 4.60. The standard InChI is InChI=1S/C17H20F2N6/c18-16(19)13-8-15(24-17(23-13)11-3-4-11)25-7-1-2-12(9-25)22-14-5-6-20-10-21-14/h5-6,8,10-12,16H,1-4,7,9H2,(H,20,21,22). The van der Waals surface area contributed by atoms with Crippen LogP contribution in [0.1, 0.15) is 49.5 Å². The molecule has 0 amide bonds. The van der Waals surface area contributed by atoms with Crippen LogP contribution in [-0.2, 0) is 0 Å². The highest BCUT2D eigenvalue weighted by Gasteiger charge is 2.30. The maximum absolute atomic E-state index is 13.2. The van der Waals surface area contributed by atoms with Crippen LogP contribution in [0.15, 0.2) is 24.7 Å². The van der Waals surface area contributed by atoms with Gasteiger partial charge in [-0.25, -0.2) is 28.7 Å². The molecule has 1 aliphatic carbocycles. The van der Waals surface area contributed by atoms with E-state index in [4.69, 9.17) is 0 Å². The highest BCUT2D eigenvalue weighted by Crippen LogP contribution is 2.39. The average Bonchev–Trinajstić information content (AvgIpc) is 3.48. The van der Waals surface area contributed by atoms with E-state index >= 15 is 0 Å². The molecule has 4 rings (SSSR count). The molecule has 6 nitrogen and oxygen atoms in total. The van der Waals surface area contributed by atoms with E-state index in [-0.39, 0.29) is 17.7 Å². The lowest BCUT2D eigenvalue weighted by atomic mass is 10.1. The Bertz CT molecular complexity index is 702. The number of aromatic nitrogens is 4. The highest BCUT2D eigenvalue weighted by molar-refractivity contribution is 5.43. The summed E-state index contributed by atoms with van der Waals surface area (Å²) in [5.41, 5.74) is -0.169. The van der Waals surface area contributed by atoms with E-state index in [1.807, 2.05) is 6.07 Å². The summed E-state index contributed by atoms with van der Waals surface area (Å²) in [4.78, 5) is 18.8. The van der Waals surface area contributed by atoms with Crippen LogP contribution in [-0.4, -0.2) is 39.1 Å². The number of hydrogen-bond acceptors (Lipinski definition) is 6. The first kappa shape index (κ1) is 16.1. The fraction of sp³-hybridized carbons (Fsp3) is 0.529. The second kappa shape index (κ2) is 6.85. The predicted molar refractivity (Wildman–Crippen MR) is 89.9 cm³/mol. The van der Waals surface area contributed by atoms with Crippen LogP contribution in [0.2, 0.25) is 0 Å². The van der Waals surface area contributed by atoms with Crippen molar-refractivity contribution in [2.45, 2.75) is 44.1 Å². The van der Waals surface area contributed by atoms with Gasteiger partial charge in [0.1, 0.15) is 29.5 Å². The number of hydrogen-bond donors (Lipinski definition) is 1. The number of nitrogens with zero attached hydrogens (tertiary/aromatic N) is 5. The third-order valence-electron chi connectivity index (χ3n) is 4.60. The van der Waals surface area contributed by atoms with Crippen LogP contribution >= 0.6 is 0 Å². The van der Waals surface area contributed by atoms with E-state index in [9.17, 15) is 8.78 Å². The minimum atomic E-state index is -2.57. The Balaban J connectivity index is 1.52. The number of halogens is 2. The van der Waals surface area contributed by atoms with Crippen molar-refractivity contribution in [2.24, 2.45) is 0 Å². The molecule has 1 saturated carbocycles. The summed E-state index contributed by atoms with van der Waals surface area (Å²) in [5.74, 6) is 2.20. The van der Waals surface area contributed by atoms with E-state index in [0.717, 1.165) is 38.0 Å². The first-order chi connectivity index (χ1) is 12.2. The summed E-state index contributed by atoms with van der Waals surface area (Å²) in [6.45, 7) is 1.51. The van der Waals surface area contributed by atoms with Crippen molar-refractivity contribution in [2.75, 3.05) is 23.3 Å². The maximum atomic E-state index is 13.2. The van der Waals surface area contributed by atoms with Gasteiger partial charge < -0.3 is 10.2 Å². The summed E-state index contributed by atoms with van der Waals surface area (Å²) < 4.78 is 26.4. The fourth-order valence-corrected chi connectivity index (χ4v) is 3.16. The van der Waals surface area contributed by atoms with Crippen molar-refractivity contribution in [1.82, 2.24) is 19.9 Å². The normalized spacial score (nSPS) is 20.8. The van der Waals surface area contributed by atoms with Gasteiger partial charge in [0.15, 0.2) is 0 Å². The zero-order valence-electron chi connectivity index (χ0n) is 13.8. The van der Waals surface area contributed by atoms with Crippen molar-refractivity contribution < 1.29 is 8.78 Å². The molecule has 3 heterocycles. The molecule has 2 aliphatic rings. The molecule has 2 aromatic rings. The molecule has 132 valence electrons. The zero-order valence-corrected chi connectivity index (χ0v) is 13.8. The Labute approximate surface area is 144 Å². The number of anilines is 2. The molecule has 2 fully saturated rings. The van der Waals surface area contributed by atoms with Crippen molar-refractivity contribution >= 4 is 11.6 Å². The summed E-state index contributed by atoms with van der Waals surface area (Å²) in [6.07, 6.45) is 4.58. The Kier molecular flexibility index (Phi) is 4.42. The zero-order chi connectivity index (χ0) is 17.2. The van der Waals surface area contributed by atoms with E-state index in [0.29, 0.717) is 18.2 Å². The minimum absolute atomic E-state index is 0.169. The van der Waals surface area contributed by atoms with Crippen molar-refractivity contribution in [3.63, 3.8) is 0 Å². The number of alkyl halides is 2. The topological polar surface area (TPSA) is 66.8 Å². The maximum Gasteiger partial charge on any atom is 0.280 e. The Morgan fingerprint density at radius 1 is 1.20 bits per heavy atom. The molecular formula is C17H20F2N6. The van der Waals surface area contributed by atoms with Gasteiger partial charge in [-0.15, -0.1) is 0 Å². The molecular weight excluding hydrogens is 326 g/mol. The van der Waals surface area contributed by atoms with Crippen LogP contribution in [0.25, 0.3) is 0 Å². The smallest absolute Gasteiger partial charge is 0.280 e. The Hall–Kier alpha value is -2.38. The molecule has 25 heavy (non-hydrogen) atoms. The van der Waals surface area contributed by atoms with Gasteiger partial charge in [0, 0.05) is 37.3 Å². The van der Waals surface area contributed by atoms with Gasteiger partial charge >= 0.3 is 0 Å². The minimum Gasteiger partial charge on any atom is -0.365 e. The van der Waals surface area contributed by atoms with Gasteiger partial charge in [-0.05, 0) is 31.7 Å². The quantitative estimate of drug-likeness (QED) is 0.897. The van der Waals surface area contributed by atoms with Gasteiger partial charge in [0.05, 0.1) is 0 Å². The van der Waals surface area contributed by atoms with Gasteiger partial charge in [0.2, 0.25) is 0 Å². The average molecular weight is 346 g/mol. The first-order valence-electron chi connectivity index (χ1n) is 8.63. The van der Waals surface area contributed by atoms with Gasteiger partial charge in [-0.3, -0.25) is 0 Å². The van der Waals surface area contributed by atoms with Crippen LogP contribution in [0, 0.1) is 0 Å². The fourth-order valence-electron chi connectivity index (χ4n) is 3.16. The molecule has 1 saturated heterocycles. The van der Waals surface area contributed by atoms with Crippen molar-refractivity contribution in [1.29, 1.82) is 0 Å². The van der Waals surface area contributed by atoms with E-state index in [1.165, 1.54) is 12.4 Å². The molecule has 1 atom stereocenters. The van der Waals surface area contributed by atoms with E-state index in [2.05, 4.69) is 30.2 Å². The molecule has 1 N–H and O–H groups in total. The Morgan fingerprint density at radius 3 is 2.80 bits per heavy atom. The summed E-state index contributed by atoms with van der Waals surface area (Å²) in [7, 11) is 0. The summed E-state index contributed by atoms with van der Waals surface area (Å²) in [5, 5.41) is 3.38. The van der Waals surface area contributed by atoms with E-state index < -0.39 is 6.43 Å². The van der Waals surface area contributed by atoms with Crippen LogP contribution in [0.4, 0.5) is 20.4 Å². The van der Waals surface area contributed by atoms with Gasteiger partial charge in [0.25, 0.3) is 6.43 Å². The third kappa shape index (κ3) is 3.83. The number of nitrogens with one attached hydrogen (secondary N) is 1. The largest absolute Gasteiger partial charge is 0.365 e. The molecule has 8 heteroatoms. The van der Waals surface area contributed by atoms with Crippen molar-refractivity contribution in [3.05, 3.63) is 36.2 Å². The van der Waals surface area contributed by atoms with Crippen LogP contribution in [0.5, 0.6) is 0 Å². The lowest BCUT2D eigenvalue weighted by molar-refractivity contribution is 0.145. The van der Waals surface area contributed by atoms with Crippen molar-refractivity contribution in [3.8, 4) is 0 Å². The molecule has 1 aliphatic heterocycles. The molecule has 0 radical (unpaired) electrons. The lowest BCUT2D eigenvalue weighted by Gasteiger charge is -2.34. The highest BCUT2D eigenvalue weighted by atomic mass is 19.3. The second-order valence-electron chi connectivity index (χ2n) is 6.61. The first-order valence-corrected chi connectivity index (χ1v) is 8.63. The molecule has 0 spiro atoms. The van der Waals surface area contributed by atoms with E-state index in [1.54, 1.807) is 6.20 Å². The van der Waals surface area contributed by atoms with Crippen LogP contribution < -0.4 is 10.2 Å². The molecule has 0 bridgehead atoms. The van der Waals surface area contributed by atoms with Crippen LogP contribution in [0.3, 0.4) is 0 Å². The summed E-state index contributed by atoms with van der Waals surface area (Å²) >= 11 is 0. The number of piperidine rings is 1. The monoisotopic (exact) mass is 346 g/mol.